The molecule has 0 saturated carbocycles. The second-order valence-electron chi connectivity index (χ2n) is 4.62. The molecule has 0 atom stereocenters. The SMILES string of the molecule is COc1cc(O)c(OCN(C)c2ccc(Br)cc2)cc1OC. The molecule has 0 heterocycles. The first-order valence-corrected chi connectivity index (χ1v) is 7.39. The molecule has 22 heavy (non-hydrogen) atoms. The van der Waals surface area contributed by atoms with Gasteiger partial charge in [-0.15, -0.1) is 0 Å². The average Bonchev–Trinajstić information content (AvgIpc) is 2.53. The van der Waals surface area contributed by atoms with Crippen LogP contribution in [0.4, 0.5) is 5.69 Å². The minimum Gasteiger partial charge on any atom is -0.504 e. The molecule has 0 saturated heterocycles. The van der Waals surface area contributed by atoms with Crippen molar-refractivity contribution in [1.29, 1.82) is 0 Å². The maximum absolute atomic E-state index is 9.98. The number of nitrogens with zero attached hydrogens (tertiary/aromatic N) is 1. The molecule has 0 aliphatic heterocycles. The molecule has 0 bridgehead atoms. The van der Waals surface area contributed by atoms with Crippen LogP contribution >= 0.6 is 15.9 Å². The summed E-state index contributed by atoms with van der Waals surface area (Å²) in [5.74, 6) is 1.29. The maximum atomic E-state index is 9.98. The van der Waals surface area contributed by atoms with Crippen molar-refractivity contribution in [2.75, 3.05) is 32.9 Å². The molecule has 6 heteroatoms. The van der Waals surface area contributed by atoms with Gasteiger partial charge in [0.2, 0.25) is 0 Å². The fourth-order valence-corrected chi connectivity index (χ4v) is 2.17. The Kier molecular flexibility index (Phi) is 5.38. The summed E-state index contributed by atoms with van der Waals surface area (Å²) in [6.07, 6.45) is 0. The van der Waals surface area contributed by atoms with Crippen LogP contribution in [0.25, 0.3) is 0 Å². The summed E-state index contributed by atoms with van der Waals surface area (Å²) < 4.78 is 17.0. The zero-order valence-electron chi connectivity index (χ0n) is 12.7. The van der Waals surface area contributed by atoms with E-state index in [-0.39, 0.29) is 12.5 Å². The smallest absolute Gasteiger partial charge is 0.167 e. The molecular weight excluding hydrogens is 350 g/mol. The van der Waals surface area contributed by atoms with Crippen LogP contribution in [-0.4, -0.2) is 33.1 Å². The van der Waals surface area contributed by atoms with E-state index in [4.69, 9.17) is 14.2 Å². The van der Waals surface area contributed by atoms with Crippen LogP contribution in [0.15, 0.2) is 40.9 Å². The van der Waals surface area contributed by atoms with E-state index >= 15 is 0 Å². The van der Waals surface area contributed by atoms with Crippen molar-refractivity contribution in [3.63, 3.8) is 0 Å². The summed E-state index contributed by atoms with van der Waals surface area (Å²) in [6.45, 7) is 0.282. The van der Waals surface area contributed by atoms with Gasteiger partial charge in [-0.05, 0) is 24.3 Å². The largest absolute Gasteiger partial charge is 0.504 e. The van der Waals surface area contributed by atoms with Gasteiger partial charge in [-0.1, -0.05) is 15.9 Å². The highest BCUT2D eigenvalue weighted by Crippen LogP contribution is 2.38. The number of ether oxygens (including phenoxy) is 3. The highest BCUT2D eigenvalue weighted by atomic mass is 79.9. The third-order valence-electron chi connectivity index (χ3n) is 3.15. The number of anilines is 1. The van der Waals surface area contributed by atoms with E-state index in [2.05, 4.69) is 15.9 Å². The van der Waals surface area contributed by atoms with Gasteiger partial charge < -0.3 is 24.2 Å². The Balaban J connectivity index is 2.09. The Morgan fingerprint density at radius 3 is 2.18 bits per heavy atom. The Labute approximate surface area is 138 Å². The van der Waals surface area contributed by atoms with Crippen LogP contribution in [0.1, 0.15) is 0 Å². The zero-order chi connectivity index (χ0) is 16.1. The number of rotatable bonds is 6. The van der Waals surface area contributed by atoms with Crippen molar-refractivity contribution in [3.8, 4) is 23.0 Å². The van der Waals surface area contributed by atoms with Crippen LogP contribution in [0, 0.1) is 0 Å². The van der Waals surface area contributed by atoms with E-state index in [0.29, 0.717) is 17.2 Å². The Morgan fingerprint density at radius 1 is 1.00 bits per heavy atom. The van der Waals surface area contributed by atoms with Crippen molar-refractivity contribution in [2.45, 2.75) is 0 Å². The number of halogens is 1. The van der Waals surface area contributed by atoms with E-state index in [1.54, 1.807) is 6.07 Å². The minimum atomic E-state index is 0.00172. The van der Waals surface area contributed by atoms with Crippen LogP contribution in [0.5, 0.6) is 23.0 Å². The van der Waals surface area contributed by atoms with E-state index in [1.165, 1.54) is 20.3 Å². The predicted octanol–water partition coefficient (Wildman–Crippen LogP) is 3.64. The van der Waals surface area contributed by atoms with Gasteiger partial charge in [-0.25, -0.2) is 0 Å². The van der Waals surface area contributed by atoms with E-state index in [9.17, 15) is 5.11 Å². The molecule has 2 aromatic rings. The van der Waals surface area contributed by atoms with Gasteiger partial charge in [0.05, 0.1) is 14.2 Å². The number of hydrogen-bond acceptors (Lipinski definition) is 5. The standard InChI is InChI=1S/C16H18BrNO4/c1-18(12-6-4-11(17)5-7-12)10-22-14-9-16(21-3)15(20-2)8-13(14)19/h4-9,19H,10H2,1-3H3. The van der Waals surface area contributed by atoms with Gasteiger partial charge in [-0.2, -0.15) is 0 Å². The molecule has 0 aliphatic carbocycles. The lowest BCUT2D eigenvalue weighted by Gasteiger charge is -2.20. The van der Waals surface area contributed by atoms with Crippen LogP contribution in [0.2, 0.25) is 0 Å². The second-order valence-corrected chi connectivity index (χ2v) is 5.54. The van der Waals surface area contributed by atoms with Crippen LogP contribution in [0.3, 0.4) is 0 Å². The highest BCUT2D eigenvalue weighted by Gasteiger charge is 2.12. The molecule has 0 spiro atoms. The fourth-order valence-electron chi connectivity index (χ4n) is 1.90. The third kappa shape index (κ3) is 3.76. The second kappa shape index (κ2) is 7.26. The monoisotopic (exact) mass is 367 g/mol. The number of benzene rings is 2. The summed E-state index contributed by atoms with van der Waals surface area (Å²) in [5, 5.41) is 9.98. The summed E-state index contributed by atoms with van der Waals surface area (Å²) in [6, 6.07) is 10.9. The van der Waals surface area contributed by atoms with Gasteiger partial charge >= 0.3 is 0 Å². The van der Waals surface area contributed by atoms with Crippen molar-refractivity contribution < 1.29 is 19.3 Å². The average molecular weight is 368 g/mol. The highest BCUT2D eigenvalue weighted by molar-refractivity contribution is 9.10. The van der Waals surface area contributed by atoms with E-state index in [0.717, 1.165) is 10.2 Å². The third-order valence-corrected chi connectivity index (χ3v) is 3.67. The Bertz CT molecular complexity index is 631. The number of hydrogen-bond donors (Lipinski definition) is 1. The first-order valence-electron chi connectivity index (χ1n) is 6.59. The van der Waals surface area contributed by atoms with E-state index < -0.39 is 0 Å². The Morgan fingerprint density at radius 2 is 1.59 bits per heavy atom. The molecule has 118 valence electrons. The molecule has 0 aliphatic rings. The van der Waals surface area contributed by atoms with Gasteiger partial charge in [-0.3, -0.25) is 0 Å². The van der Waals surface area contributed by atoms with Crippen molar-refractivity contribution in [1.82, 2.24) is 0 Å². The van der Waals surface area contributed by atoms with Gasteiger partial charge in [0.15, 0.2) is 29.7 Å². The van der Waals surface area contributed by atoms with Crippen molar-refractivity contribution in [3.05, 3.63) is 40.9 Å². The summed E-state index contributed by atoms with van der Waals surface area (Å²) in [5.41, 5.74) is 1.00. The molecule has 5 nitrogen and oxygen atoms in total. The van der Waals surface area contributed by atoms with Crippen molar-refractivity contribution in [2.24, 2.45) is 0 Å². The molecular formula is C16H18BrNO4. The summed E-state index contributed by atoms with van der Waals surface area (Å²) in [7, 11) is 4.95. The van der Waals surface area contributed by atoms with Crippen LogP contribution < -0.4 is 19.1 Å². The number of aromatic hydroxyl groups is 1. The molecule has 0 radical (unpaired) electrons. The number of phenols is 1. The quantitative estimate of drug-likeness (QED) is 0.789. The number of methoxy groups -OCH3 is 2. The topological polar surface area (TPSA) is 51.2 Å². The summed E-state index contributed by atoms with van der Waals surface area (Å²) >= 11 is 3.40. The molecule has 0 aromatic heterocycles. The normalized spacial score (nSPS) is 10.2. The van der Waals surface area contributed by atoms with Gasteiger partial charge in [0.25, 0.3) is 0 Å². The molecule has 2 aromatic carbocycles. The minimum absolute atomic E-state index is 0.00172. The molecule has 0 fully saturated rings. The molecule has 0 unspecified atom stereocenters. The first kappa shape index (κ1) is 16.3. The molecule has 2 rings (SSSR count). The summed E-state index contributed by atoms with van der Waals surface area (Å²) in [4.78, 5) is 1.92. The first-order chi connectivity index (χ1) is 10.5. The maximum Gasteiger partial charge on any atom is 0.167 e. The number of phenolic OH excluding ortho intramolecular Hbond substituents is 1. The van der Waals surface area contributed by atoms with Crippen LogP contribution in [-0.2, 0) is 0 Å². The lowest BCUT2D eigenvalue weighted by molar-refractivity contribution is 0.294. The molecule has 0 amide bonds. The van der Waals surface area contributed by atoms with Gasteiger partial charge in [0.1, 0.15) is 0 Å². The predicted molar refractivity (Wildman–Crippen MR) is 89.3 cm³/mol. The van der Waals surface area contributed by atoms with Crippen molar-refractivity contribution >= 4 is 21.6 Å². The van der Waals surface area contributed by atoms with E-state index in [1.807, 2.05) is 36.2 Å². The lowest BCUT2D eigenvalue weighted by atomic mass is 10.2. The molecule has 1 N–H and O–H groups in total. The Hall–Kier alpha value is -2.08. The lowest BCUT2D eigenvalue weighted by Crippen LogP contribution is -2.22. The zero-order valence-corrected chi connectivity index (χ0v) is 14.3. The van der Waals surface area contributed by atoms with Gasteiger partial charge in [0, 0.05) is 29.3 Å². The fraction of sp³-hybridized carbons (Fsp3) is 0.250.